The Bertz CT molecular complexity index is 485. The zero-order valence-electron chi connectivity index (χ0n) is 16.6. The third kappa shape index (κ3) is 4.99. The van der Waals surface area contributed by atoms with E-state index in [-0.39, 0.29) is 11.8 Å². The monoisotopic (exact) mass is 363 g/mol. The summed E-state index contributed by atoms with van der Waals surface area (Å²) in [7, 11) is 0. The molecule has 3 N–H and O–H groups in total. The Balaban J connectivity index is 1.53. The molecule has 2 aliphatic carbocycles. The lowest BCUT2D eigenvalue weighted by Crippen LogP contribution is -2.50. The number of rotatable bonds is 5. The van der Waals surface area contributed by atoms with E-state index in [1.165, 1.54) is 25.7 Å². The highest BCUT2D eigenvalue weighted by molar-refractivity contribution is 5.89. The standard InChI is InChI=1S/C21H37N3O2/c1-15-3-7-17(8-4-15)23-19(25)13-21(11-12-22-14-21)20(26)24-18-9-5-16(2)6-10-18/h15-18,22H,3-14H2,1-2H3,(H,23,25)(H,24,26). The van der Waals surface area contributed by atoms with E-state index in [9.17, 15) is 9.59 Å². The summed E-state index contributed by atoms with van der Waals surface area (Å²) in [6.07, 6.45) is 10.1. The summed E-state index contributed by atoms with van der Waals surface area (Å²) in [5.74, 6) is 1.70. The molecule has 5 heteroatoms. The van der Waals surface area contributed by atoms with Crippen LogP contribution in [0.25, 0.3) is 0 Å². The van der Waals surface area contributed by atoms with Crippen LogP contribution in [0, 0.1) is 17.3 Å². The zero-order chi connectivity index (χ0) is 18.6. The first-order valence-electron chi connectivity index (χ1n) is 10.8. The number of hydrogen-bond donors (Lipinski definition) is 3. The van der Waals surface area contributed by atoms with E-state index in [4.69, 9.17) is 0 Å². The predicted octanol–water partition coefficient (Wildman–Crippen LogP) is 2.75. The van der Waals surface area contributed by atoms with Gasteiger partial charge >= 0.3 is 0 Å². The van der Waals surface area contributed by atoms with Crippen LogP contribution in [-0.4, -0.2) is 37.0 Å². The van der Waals surface area contributed by atoms with Crippen molar-refractivity contribution in [3.63, 3.8) is 0 Å². The molecule has 5 nitrogen and oxygen atoms in total. The summed E-state index contributed by atoms with van der Waals surface area (Å²) in [6, 6.07) is 0.590. The Hall–Kier alpha value is -1.10. The smallest absolute Gasteiger partial charge is 0.228 e. The number of nitrogens with one attached hydrogen (secondary N) is 3. The van der Waals surface area contributed by atoms with Gasteiger partial charge in [-0.15, -0.1) is 0 Å². The average Bonchev–Trinajstić information content (AvgIpc) is 3.08. The summed E-state index contributed by atoms with van der Waals surface area (Å²) in [5.41, 5.74) is -0.560. The molecule has 148 valence electrons. The third-order valence-electron chi connectivity index (χ3n) is 6.96. The first-order chi connectivity index (χ1) is 12.5. The maximum Gasteiger partial charge on any atom is 0.228 e. The van der Waals surface area contributed by atoms with Crippen molar-refractivity contribution in [2.45, 2.75) is 90.1 Å². The molecule has 1 aliphatic heterocycles. The lowest BCUT2D eigenvalue weighted by Gasteiger charge is -2.33. The van der Waals surface area contributed by atoms with Crippen molar-refractivity contribution in [3.8, 4) is 0 Å². The minimum atomic E-state index is -0.560. The summed E-state index contributed by atoms with van der Waals surface area (Å²) in [5, 5.41) is 9.80. The Morgan fingerprint density at radius 1 is 0.885 bits per heavy atom. The third-order valence-corrected chi connectivity index (χ3v) is 6.96. The molecule has 0 aromatic rings. The van der Waals surface area contributed by atoms with Gasteiger partial charge in [-0.2, -0.15) is 0 Å². The maximum atomic E-state index is 13.1. The van der Waals surface area contributed by atoms with Crippen molar-refractivity contribution < 1.29 is 9.59 Å². The van der Waals surface area contributed by atoms with Crippen LogP contribution in [0.1, 0.15) is 78.1 Å². The molecule has 2 saturated carbocycles. The van der Waals surface area contributed by atoms with Crippen molar-refractivity contribution >= 4 is 11.8 Å². The first-order valence-corrected chi connectivity index (χ1v) is 10.8. The van der Waals surface area contributed by atoms with E-state index < -0.39 is 5.41 Å². The summed E-state index contributed by atoms with van der Waals surface area (Å²) in [6.45, 7) is 6.02. The minimum absolute atomic E-state index is 0.0562. The molecule has 26 heavy (non-hydrogen) atoms. The highest BCUT2D eigenvalue weighted by atomic mass is 16.2. The second-order valence-corrected chi connectivity index (χ2v) is 9.34. The van der Waals surface area contributed by atoms with Gasteiger partial charge in [0.1, 0.15) is 0 Å². The van der Waals surface area contributed by atoms with Crippen molar-refractivity contribution in [2.75, 3.05) is 13.1 Å². The molecule has 0 radical (unpaired) electrons. The molecule has 1 saturated heterocycles. The first kappa shape index (κ1) is 19.7. The van der Waals surface area contributed by atoms with Gasteiger partial charge in [-0.1, -0.05) is 13.8 Å². The summed E-state index contributed by atoms with van der Waals surface area (Å²) < 4.78 is 0. The van der Waals surface area contributed by atoms with Gasteiger partial charge in [0.25, 0.3) is 0 Å². The number of hydrogen-bond acceptors (Lipinski definition) is 3. The Morgan fingerprint density at radius 3 is 1.92 bits per heavy atom. The molecule has 3 aliphatic rings. The van der Waals surface area contributed by atoms with Crippen LogP contribution in [0.15, 0.2) is 0 Å². The van der Waals surface area contributed by atoms with E-state index in [0.717, 1.165) is 50.5 Å². The topological polar surface area (TPSA) is 70.2 Å². The van der Waals surface area contributed by atoms with E-state index in [0.29, 0.717) is 25.0 Å². The van der Waals surface area contributed by atoms with E-state index in [2.05, 4.69) is 29.8 Å². The van der Waals surface area contributed by atoms with Gasteiger partial charge in [-0.25, -0.2) is 0 Å². The number of amides is 2. The van der Waals surface area contributed by atoms with Crippen molar-refractivity contribution in [3.05, 3.63) is 0 Å². The Labute approximate surface area is 158 Å². The largest absolute Gasteiger partial charge is 0.353 e. The van der Waals surface area contributed by atoms with Gasteiger partial charge in [0.05, 0.1) is 5.41 Å². The fourth-order valence-electron chi connectivity index (χ4n) is 4.90. The molecular weight excluding hydrogens is 326 g/mol. The van der Waals surface area contributed by atoms with Crippen LogP contribution in [0.4, 0.5) is 0 Å². The van der Waals surface area contributed by atoms with E-state index in [1.54, 1.807) is 0 Å². The van der Waals surface area contributed by atoms with Gasteiger partial charge in [-0.3, -0.25) is 9.59 Å². The normalized spacial score (nSPS) is 37.9. The molecule has 0 spiro atoms. The quantitative estimate of drug-likeness (QED) is 0.703. The fraction of sp³-hybridized carbons (Fsp3) is 0.905. The molecule has 2 amide bonds. The van der Waals surface area contributed by atoms with Crippen LogP contribution in [-0.2, 0) is 9.59 Å². The van der Waals surface area contributed by atoms with Crippen LogP contribution in [0.3, 0.4) is 0 Å². The van der Waals surface area contributed by atoms with Gasteiger partial charge in [0, 0.05) is 25.0 Å². The van der Waals surface area contributed by atoms with Crippen molar-refractivity contribution in [2.24, 2.45) is 17.3 Å². The van der Waals surface area contributed by atoms with Crippen molar-refractivity contribution in [1.82, 2.24) is 16.0 Å². The van der Waals surface area contributed by atoms with Gasteiger partial charge in [-0.05, 0) is 76.2 Å². The van der Waals surface area contributed by atoms with Crippen LogP contribution < -0.4 is 16.0 Å². The molecule has 1 heterocycles. The number of carbonyl (C=O) groups excluding carboxylic acids is 2. The highest BCUT2D eigenvalue weighted by Gasteiger charge is 2.44. The maximum absolute atomic E-state index is 13.1. The van der Waals surface area contributed by atoms with Crippen LogP contribution in [0.5, 0.6) is 0 Å². The molecule has 0 aromatic heterocycles. The van der Waals surface area contributed by atoms with Crippen LogP contribution in [0.2, 0.25) is 0 Å². The number of carbonyl (C=O) groups is 2. The van der Waals surface area contributed by atoms with E-state index in [1.807, 2.05) is 0 Å². The Morgan fingerprint density at radius 2 is 1.42 bits per heavy atom. The fourth-order valence-corrected chi connectivity index (χ4v) is 4.90. The van der Waals surface area contributed by atoms with Gasteiger partial charge in [0.15, 0.2) is 0 Å². The highest BCUT2D eigenvalue weighted by Crippen LogP contribution is 2.32. The zero-order valence-corrected chi connectivity index (χ0v) is 16.6. The lowest BCUT2D eigenvalue weighted by atomic mass is 9.80. The molecule has 3 fully saturated rings. The molecular formula is C21H37N3O2. The second kappa shape index (κ2) is 8.73. The van der Waals surface area contributed by atoms with Crippen LogP contribution >= 0.6 is 0 Å². The second-order valence-electron chi connectivity index (χ2n) is 9.34. The molecule has 1 unspecified atom stereocenters. The summed E-state index contributed by atoms with van der Waals surface area (Å²) >= 11 is 0. The predicted molar refractivity (Wildman–Crippen MR) is 104 cm³/mol. The lowest BCUT2D eigenvalue weighted by molar-refractivity contribution is -0.136. The molecule has 3 rings (SSSR count). The SMILES string of the molecule is CC1CCC(NC(=O)CC2(C(=O)NC3CCC(C)CC3)CCNC2)CC1. The van der Waals surface area contributed by atoms with E-state index >= 15 is 0 Å². The molecule has 1 atom stereocenters. The Kier molecular flexibility index (Phi) is 6.60. The van der Waals surface area contributed by atoms with Crippen molar-refractivity contribution in [1.29, 1.82) is 0 Å². The van der Waals surface area contributed by atoms with Gasteiger partial charge < -0.3 is 16.0 Å². The van der Waals surface area contributed by atoms with Gasteiger partial charge in [0.2, 0.25) is 11.8 Å². The molecule has 0 aromatic carbocycles. The summed E-state index contributed by atoms with van der Waals surface area (Å²) in [4.78, 5) is 25.7. The molecule has 0 bridgehead atoms. The minimum Gasteiger partial charge on any atom is -0.353 e. The average molecular weight is 364 g/mol.